The zero-order valence-corrected chi connectivity index (χ0v) is 26.0. The standard InChI is InChI=1S/C33H36N10O3/c1-23(21-43-22-38-32(18-35)40-43)46-30-15-24(3-4-25(30)17-34)26-19-36-33(37-20-26)39-29-6-5-28(16-31(29)44-2)41-9-7-27(8-10-41)42-11-13-45-14-12-42/h3-6,15-16,19-20,22-23,27H,7-14,21H2,1-2H3,(H,36,37,39)/t23-/m0/s1. The molecule has 2 aliphatic rings. The van der Waals surface area contributed by atoms with E-state index in [0.717, 1.165) is 80.5 Å². The first-order chi connectivity index (χ1) is 22.5. The minimum Gasteiger partial charge on any atom is -0.494 e. The monoisotopic (exact) mass is 620 g/mol. The van der Waals surface area contributed by atoms with E-state index in [-0.39, 0.29) is 11.9 Å². The van der Waals surface area contributed by atoms with Crippen LogP contribution in [0.3, 0.4) is 0 Å². The first-order valence-corrected chi connectivity index (χ1v) is 15.4. The van der Waals surface area contributed by atoms with Crippen molar-refractivity contribution >= 4 is 17.3 Å². The Kier molecular flexibility index (Phi) is 9.53. The van der Waals surface area contributed by atoms with Gasteiger partial charge in [0.15, 0.2) is 0 Å². The third-order valence-electron chi connectivity index (χ3n) is 8.32. The molecule has 13 heteroatoms. The summed E-state index contributed by atoms with van der Waals surface area (Å²) in [7, 11) is 1.67. The molecule has 2 saturated heterocycles. The Bertz CT molecular complexity index is 1710. The Hall–Kier alpha value is -5.24. The maximum absolute atomic E-state index is 9.64. The molecule has 1 atom stereocenters. The van der Waals surface area contributed by atoms with E-state index in [1.807, 2.05) is 25.1 Å². The molecule has 4 heterocycles. The van der Waals surface area contributed by atoms with Crippen molar-refractivity contribution in [2.45, 2.75) is 38.5 Å². The van der Waals surface area contributed by atoms with E-state index >= 15 is 0 Å². The van der Waals surface area contributed by atoms with Crippen molar-refractivity contribution in [2.75, 3.05) is 56.7 Å². The number of hydrogen-bond acceptors (Lipinski definition) is 12. The number of ether oxygens (including phenoxy) is 3. The van der Waals surface area contributed by atoms with Crippen LogP contribution in [0.2, 0.25) is 0 Å². The van der Waals surface area contributed by atoms with Crippen molar-refractivity contribution in [2.24, 2.45) is 0 Å². The largest absolute Gasteiger partial charge is 0.494 e. The number of nitrogens with zero attached hydrogens (tertiary/aromatic N) is 9. The van der Waals surface area contributed by atoms with E-state index < -0.39 is 0 Å². The van der Waals surface area contributed by atoms with Crippen molar-refractivity contribution in [3.8, 4) is 34.8 Å². The van der Waals surface area contributed by atoms with Gasteiger partial charge in [-0.15, -0.1) is 5.10 Å². The van der Waals surface area contributed by atoms with Gasteiger partial charge in [0.1, 0.15) is 36.1 Å². The molecule has 2 aromatic carbocycles. The minimum atomic E-state index is -0.332. The number of nitriles is 2. The van der Waals surface area contributed by atoms with Gasteiger partial charge in [-0.1, -0.05) is 6.07 Å². The van der Waals surface area contributed by atoms with Crippen LogP contribution >= 0.6 is 0 Å². The van der Waals surface area contributed by atoms with Crippen LogP contribution in [-0.2, 0) is 11.3 Å². The van der Waals surface area contributed by atoms with Crippen LogP contribution < -0.4 is 19.7 Å². The topological polar surface area (TPSA) is 150 Å². The molecular formula is C33H36N10O3. The smallest absolute Gasteiger partial charge is 0.252 e. The fourth-order valence-electron chi connectivity index (χ4n) is 5.92. The summed E-state index contributed by atoms with van der Waals surface area (Å²) in [5.74, 6) is 1.68. The van der Waals surface area contributed by atoms with Crippen molar-refractivity contribution < 1.29 is 14.2 Å². The van der Waals surface area contributed by atoms with E-state index in [4.69, 9.17) is 19.5 Å². The number of morpholine rings is 1. The van der Waals surface area contributed by atoms with Crippen LogP contribution in [0.5, 0.6) is 11.5 Å². The molecule has 4 aromatic rings. The average Bonchev–Trinajstić information content (AvgIpc) is 3.56. The van der Waals surface area contributed by atoms with Crippen LogP contribution in [0.1, 0.15) is 31.2 Å². The number of hydrogen-bond donors (Lipinski definition) is 1. The molecule has 2 aliphatic heterocycles. The summed E-state index contributed by atoms with van der Waals surface area (Å²) in [6, 6.07) is 16.2. The van der Waals surface area contributed by atoms with Gasteiger partial charge in [-0.3, -0.25) is 4.90 Å². The van der Waals surface area contributed by atoms with Gasteiger partial charge >= 0.3 is 0 Å². The molecule has 2 fully saturated rings. The second-order valence-corrected chi connectivity index (χ2v) is 11.3. The molecule has 0 bridgehead atoms. The van der Waals surface area contributed by atoms with E-state index in [1.54, 1.807) is 31.6 Å². The van der Waals surface area contributed by atoms with Crippen molar-refractivity contribution in [3.05, 3.63) is 66.5 Å². The first-order valence-electron chi connectivity index (χ1n) is 15.4. The van der Waals surface area contributed by atoms with Gasteiger partial charge in [0.05, 0.1) is 38.1 Å². The van der Waals surface area contributed by atoms with E-state index in [2.05, 4.69) is 53.4 Å². The Morgan fingerprint density at radius 2 is 1.74 bits per heavy atom. The van der Waals surface area contributed by atoms with Crippen molar-refractivity contribution in [1.29, 1.82) is 10.5 Å². The number of anilines is 3. The van der Waals surface area contributed by atoms with Gasteiger partial charge < -0.3 is 24.4 Å². The van der Waals surface area contributed by atoms with Gasteiger partial charge in [0, 0.05) is 61.9 Å². The van der Waals surface area contributed by atoms with Crippen LogP contribution in [0.4, 0.5) is 17.3 Å². The summed E-state index contributed by atoms with van der Waals surface area (Å²) >= 11 is 0. The minimum absolute atomic E-state index is 0.0933. The summed E-state index contributed by atoms with van der Waals surface area (Å²) in [5.41, 5.74) is 3.90. The van der Waals surface area contributed by atoms with E-state index in [9.17, 15) is 5.26 Å². The molecule has 236 valence electrons. The predicted octanol–water partition coefficient (Wildman–Crippen LogP) is 4.00. The Morgan fingerprint density at radius 3 is 2.43 bits per heavy atom. The number of piperidine rings is 1. The number of rotatable bonds is 10. The molecular weight excluding hydrogens is 584 g/mol. The molecule has 13 nitrogen and oxygen atoms in total. The van der Waals surface area contributed by atoms with Crippen LogP contribution in [0.15, 0.2) is 55.1 Å². The van der Waals surface area contributed by atoms with Crippen LogP contribution in [-0.4, -0.2) is 88.3 Å². The molecule has 0 amide bonds. The summed E-state index contributed by atoms with van der Waals surface area (Å²) < 4.78 is 18.9. The zero-order chi connectivity index (χ0) is 31.9. The van der Waals surface area contributed by atoms with Gasteiger partial charge in [-0.05, 0) is 49.6 Å². The highest BCUT2D eigenvalue weighted by molar-refractivity contribution is 5.70. The lowest BCUT2D eigenvalue weighted by Gasteiger charge is -2.40. The normalized spacial score (nSPS) is 16.3. The fraction of sp³-hybridized carbons (Fsp3) is 0.394. The molecule has 46 heavy (non-hydrogen) atoms. The average molecular weight is 621 g/mol. The number of aromatic nitrogens is 5. The van der Waals surface area contributed by atoms with Crippen molar-refractivity contribution in [3.63, 3.8) is 0 Å². The highest BCUT2D eigenvalue weighted by atomic mass is 16.5. The van der Waals surface area contributed by atoms with Crippen LogP contribution in [0, 0.1) is 22.7 Å². The highest BCUT2D eigenvalue weighted by Gasteiger charge is 2.26. The number of nitrogens with one attached hydrogen (secondary N) is 1. The van der Waals surface area contributed by atoms with Gasteiger partial charge in [0.25, 0.3) is 5.82 Å². The quantitative estimate of drug-likeness (QED) is 0.273. The third kappa shape index (κ3) is 7.18. The molecule has 0 radical (unpaired) electrons. The fourth-order valence-corrected chi connectivity index (χ4v) is 5.92. The molecule has 6 rings (SSSR count). The van der Waals surface area contributed by atoms with Crippen LogP contribution in [0.25, 0.3) is 11.1 Å². The lowest BCUT2D eigenvalue weighted by molar-refractivity contribution is 0.0115. The Labute approximate surface area is 268 Å². The van der Waals surface area contributed by atoms with Gasteiger partial charge in [0.2, 0.25) is 5.95 Å². The maximum atomic E-state index is 9.64. The second-order valence-electron chi connectivity index (χ2n) is 11.3. The number of methoxy groups -OCH3 is 1. The highest BCUT2D eigenvalue weighted by Crippen LogP contribution is 2.34. The number of benzene rings is 2. The zero-order valence-electron chi connectivity index (χ0n) is 26.0. The lowest BCUT2D eigenvalue weighted by atomic mass is 10.0. The van der Waals surface area contributed by atoms with E-state index in [0.29, 0.717) is 29.8 Å². The van der Waals surface area contributed by atoms with E-state index in [1.165, 1.54) is 11.0 Å². The SMILES string of the molecule is COc1cc(N2CCC(N3CCOCC3)CC2)ccc1Nc1ncc(-c2ccc(C#N)c(O[C@@H](C)Cn3cnc(C#N)n3)c2)cn1. The van der Waals surface area contributed by atoms with Gasteiger partial charge in [-0.2, -0.15) is 10.5 Å². The summed E-state index contributed by atoms with van der Waals surface area (Å²) in [4.78, 5) is 18.0. The summed E-state index contributed by atoms with van der Waals surface area (Å²) in [6.07, 6.45) is 6.88. The summed E-state index contributed by atoms with van der Waals surface area (Å²) in [5, 5.41) is 26.0. The predicted molar refractivity (Wildman–Crippen MR) is 171 cm³/mol. The van der Waals surface area contributed by atoms with Gasteiger partial charge in [-0.25, -0.2) is 19.6 Å². The summed E-state index contributed by atoms with van der Waals surface area (Å²) in [6.45, 7) is 7.98. The Balaban J connectivity index is 1.09. The van der Waals surface area contributed by atoms with Crippen molar-refractivity contribution in [1.82, 2.24) is 29.6 Å². The maximum Gasteiger partial charge on any atom is 0.252 e. The molecule has 1 N–H and O–H groups in total. The molecule has 0 aliphatic carbocycles. The molecule has 0 saturated carbocycles. The first kappa shape index (κ1) is 30.8. The lowest BCUT2D eigenvalue weighted by Crippen LogP contribution is -2.49. The molecule has 0 spiro atoms. The Morgan fingerprint density at radius 1 is 0.957 bits per heavy atom. The second kappa shape index (κ2) is 14.2. The molecule has 2 aromatic heterocycles. The molecule has 0 unspecified atom stereocenters. The third-order valence-corrected chi connectivity index (χ3v) is 8.32.